The van der Waals surface area contributed by atoms with E-state index in [1.807, 2.05) is 18.2 Å². The van der Waals surface area contributed by atoms with Crippen molar-refractivity contribution in [2.75, 3.05) is 11.9 Å². The lowest BCUT2D eigenvalue weighted by molar-refractivity contribution is -0.132. The molecule has 1 rings (SSSR count). The van der Waals surface area contributed by atoms with E-state index in [2.05, 4.69) is 31.8 Å². The van der Waals surface area contributed by atoms with Crippen LogP contribution in [0, 0.1) is 0 Å². The van der Waals surface area contributed by atoms with E-state index in [1.165, 1.54) is 5.56 Å². The van der Waals surface area contributed by atoms with Gasteiger partial charge in [-0.1, -0.05) is 32.6 Å². The van der Waals surface area contributed by atoms with Gasteiger partial charge in [-0.15, -0.1) is 0 Å². The van der Waals surface area contributed by atoms with Crippen LogP contribution in [-0.4, -0.2) is 17.6 Å². The van der Waals surface area contributed by atoms with Crippen molar-refractivity contribution in [2.24, 2.45) is 0 Å². The Hall–Kier alpha value is -1.77. The summed E-state index contributed by atoms with van der Waals surface area (Å²) >= 11 is 0. The first-order chi connectivity index (χ1) is 7.50. The van der Waals surface area contributed by atoms with Crippen molar-refractivity contribution >= 4 is 11.7 Å². The zero-order valence-electron chi connectivity index (χ0n) is 9.66. The average molecular weight is 219 g/mol. The molecule has 0 heterocycles. The SMILES string of the molecule is C=C(CNc1cccc(C(C)C)c1)C(=O)O. The van der Waals surface area contributed by atoms with Gasteiger partial charge < -0.3 is 10.4 Å². The van der Waals surface area contributed by atoms with E-state index >= 15 is 0 Å². The fourth-order valence-electron chi connectivity index (χ4n) is 1.29. The van der Waals surface area contributed by atoms with Crippen molar-refractivity contribution in [2.45, 2.75) is 19.8 Å². The summed E-state index contributed by atoms with van der Waals surface area (Å²) in [6.07, 6.45) is 0. The molecular formula is C13H17NO2. The fraction of sp³-hybridized carbons (Fsp3) is 0.308. The van der Waals surface area contributed by atoms with E-state index in [0.29, 0.717) is 5.92 Å². The number of aliphatic carboxylic acids is 1. The highest BCUT2D eigenvalue weighted by Crippen LogP contribution is 2.18. The van der Waals surface area contributed by atoms with Crippen molar-refractivity contribution in [3.63, 3.8) is 0 Å². The summed E-state index contributed by atoms with van der Waals surface area (Å²) in [6, 6.07) is 7.96. The maximum atomic E-state index is 10.6. The second-order valence-corrected chi connectivity index (χ2v) is 4.04. The minimum Gasteiger partial charge on any atom is -0.478 e. The number of hydrogen-bond donors (Lipinski definition) is 2. The van der Waals surface area contributed by atoms with Crippen LogP contribution >= 0.6 is 0 Å². The summed E-state index contributed by atoms with van der Waals surface area (Å²) in [5.74, 6) is -0.503. The number of nitrogens with one attached hydrogen (secondary N) is 1. The van der Waals surface area contributed by atoms with E-state index in [1.54, 1.807) is 0 Å². The Balaban J connectivity index is 2.64. The summed E-state index contributed by atoms with van der Waals surface area (Å²) in [4.78, 5) is 10.6. The molecule has 0 aliphatic rings. The number of rotatable bonds is 5. The second kappa shape index (κ2) is 5.35. The van der Waals surface area contributed by atoms with Crippen LogP contribution in [0.1, 0.15) is 25.3 Å². The Morgan fingerprint density at radius 3 is 2.75 bits per heavy atom. The third-order valence-electron chi connectivity index (χ3n) is 2.36. The number of benzene rings is 1. The predicted octanol–water partition coefficient (Wildman–Crippen LogP) is 2.86. The number of carbonyl (C=O) groups is 1. The summed E-state index contributed by atoms with van der Waals surface area (Å²) < 4.78 is 0. The predicted molar refractivity (Wildman–Crippen MR) is 65.8 cm³/mol. The van der Waals surface area contributed by atoms with Crippen molar-refractivity contribution < 1.29 is 9.90 Å². The second-order valence-electron chi connectivity index (χ2n) is 4.04. The van der Waals surface area contributed by atoms with Crippen LogP contribution in [0.2, 0.25) is 0 Å². The van der Waals surface area contributed by atoms with E-state index in [4.69, 9.17) is 5.11 Å². The standard InChI is InChI=1S/C13H17NO2/c1-9(2)11-5-4-6-12(7-11)14-8-10(3)13(15)16/h4-7,9,14H,3,8H2,1-2H3,(H,15,16). The van der Waals surface area contributed by atoms with Gasteiger partial charge in [0.05, 0.1) is 0 Å². The fourth-order valence-corrected chi connectivity index (χ4v) is 1.29. The third-order valence-corrected chi connectivity index (χ3v) is 2.36. The van der Waals surface area contributed by atoms with Gasteiger partial charge >= 0.3 is 5.97 Å². The van der Waals surface area contributed by atoms with Gasteiger partial charge in [0.2, 0.25) is 0 Å². The molecule has 0 spiro atoms. The molecule has 0 unspecified atom stereocenters. The molecule has 0 aliphatic carbocycles. The highest BCUT2D eigenvalue weighted by Gasteiger charge is 2.04. The van der Waals surface area contributed by atoms with Crippen LogP contribution in [-0.2, 0) is 4.79 Å². The largest absolute Gasteiger partial charge is 0.478 e. The van der Waals surface area contributed by atoms with Crippen molar-refractivity contribution in [1.29, 1.82) is 0 Å². The van der Waals surface area contributed by atoms with E-state index in [0.717, 1.165) is 5.69 Å². The van der Waals surface area contributed by atoms with Gasteiger partial charge in [-0.05, 0) is 23.6 Å². The molecule has 0 fully saturated rings. The zero-order valence-corrected chi connectivity index (χ0v) is 9.66. The highest BCUT2D eigenvalue weighted by atomic mass is 16.4. The van der Waals surface area contributed by atoms with Crippen LogP contribution in [0.5, 0.6) is 0 Å². The van der Waals surface area contributed by atoms with Gasteiger partial charge in [0, 0.05) is 17.8 Å². The Labute approximate surface area is 95.8 Å². The molecule has 0 radical (unpaired) electrons. The first-order valence-electron chi connectivity index (χ1n) is 5.25. The van der Waals surface area contributed by atoms with Gasteiger partial charge in [0.15, 0.2) is 0 Å². The molecule has 3 heteroatoms. The molecule has 1 aromatic carbocycles. The first-order valence-corrected chi connectivity index (χ1v) is 5.25. The Kier molecular flexibility index (Phi) is 4.11. The van der Waals surface area contributed by atoms with Crippen LogP contribution in [0.4, 0.5) is 5.69 Å². The molecule has 0 saturated heterocycles. The van der Waals surface area contributed by atoms with Crippen molar-refractivity contribution in [3.8, 4) is 0 Å². The Morgan fingerprint density at radius 2 is 2.19 bits per heavy atom. The third kappa shape index (κ3) is 3.42. The van der Waals surface area contributed by atoms with Gasteiger partial charge in [0.25, 0.3) is 0 Å². The number of carboxylic acids is 1. The Bertz CT molecular complexity index is 397. The van der Waals surface area contributed by atoms with E-state index in [9.17, 15) is 4.79 Å². The highest BCUT2D eigenvalue weighted by molar-refractivity contribution is 5.86. The number of hydrogen-bond acceptors (Lipinski definition) is 2. The molecule has 0 atom stereocenters. The van der Waals surface area contributed by atoms with E-state index in [-0.39, 0.29) is 12.1 Å². The monoisotopic (exact) mass is 219 g/mol. The minimum atomic E-state index is -0.965. The summed E-state index contributed by atoms with van der Waals surface area (Å²) in [5.41, 5.74) is 2.31. The summed E-state index contributed by atoms with van der Waals surface area (Å²) in [5, 5.41) is 11.7. The van der Waals surface area contributed by atoms with Gasteiger partial charge in [0.1, 0.15) is 0 Å². The molecule has 86 valence electrons. The Morgan fingerprint density at radius 1 is 1.50 bits per heavy atom. The maximum Gasteiger partial charge on any atom is 0.332 e. The molecule has 0 aromatic heterocycles. The van der Waals surface area contributed by atoms with Gasteiger partial charge in [-0.3, -0.25) is 0 Å². The lowest BCUT2D eigenvalue weighted by Gasteiger charge is -2.10. The van der Waals surface area contributed by atoms with Crippen LogP contribution in [0.25, 0.3) is 0 Å². The number of carboxylic acid groups (broad SMARTS) is 1. The minimum absolute atomic E-state index is 0.162. The lowest BCUT2D eigenvalue weighted by Crippen LogP contribution is -2.11. The van der Waals surface area contributed by atoms with Crippen LogP contribution < -0.4 is 5.32 Å². The zero-order chi connectivity index (χ0) is 12.1. The molecule has 0 saturated carbocycles. The molecule has 0 amide bonds. The molecule has 3 nitrogen and oxygen atoms in total. The van der Waals surface area contributed by atoms with Crippen LogP contribution in [0.15, 0.2) is 36.4 Å². The lowest BCUT2D eigenvalue weighted by atomic mass is 10.0. The van der Waals surface area contributed by atoms with Crippen molar-refractivity contribution in [3.05, 3.63) is 42.0 Å². The van der Waals surface area contributed by atoms with Gasteiger partial charge in [-0.25, -0.2) is 4.79 Å². The molecule has 1 aromatic rings. The van der Waals surface area contributed by atoms with Gasteiger partial charge in [-0.2, -0.15) is 0 Å². The summed E-state index contributed by atoms with van der Waals surface area (Å²) in [7, 11) is 0. The van der Waals surface area contributed by atoms with Crippen LogP contribution in [0.3, 0.4) is 0 Å². The molecule has 0 bridgehead atoms. The average Bonchev–Trinajstić information content (AvgIpc) is 2.26. The molecule has 2 N–H and O–H groups in total. The normalized spacial score (nSPS) is 10.2. The summed E-state index contributed by atoms with van der Waals surface area (Å²) in [6.45, 7) is 7.97. The number of anilines is 1. The molecule has 0 aliphatic heterocycles. The first kappa shape index (κ1) is 12.3. The molecular weight excluding hydrogens is 202 g/mol. The van der Waals surface area contributed by atoms with E-state index < -0.39 is 5.97 Å². The van der Waals surface area contributed by atoms with Crippen molar-refractivity contribution in [1.82, 2.24) is 0 Å². The topological polar surface area (TPSA) is 49.3 Å². The smallest absolute Gasteiger partial charge is 0.332 e. The molecule has 16 heavy (non-hydrogen) atoms. The maximum absolute atomic E-state index is 10.6. The quantitative estimate of drug-likeness (QED) is 0.749.